The molecule has 5 nitrogen and oxygen atoms in total. The van der Waals surface area contributed by atoms with E-state index < -0.39 is 0 Å². The van der Waals surface area contributed by atoms with E-state index in [1.165, 1.54) is 25.8 Å². The van der Waals surface area contributed by atoms with Crippen LogP contribution in [0.25, 0.3) is 0 Å². The Hall–Kier alpha value is -1.07. The summed E-state index contributed by atoms with van der Waals surface area (Å²) >= 11 is 0. The number of piperazine rings is 1. The van der Waals surface area contributed by atoms with Crippen molar-refractivity contribution in [2.75, 3.05) is 31.1 Å². The molecule has 106 valence electrons. The number of nitrogens with zero attached hydrogens (tertiary/aromatic N) is 4. The lowest BCUT2D eigenvalue weighted by molar-refractivity contribution is 0.132. The fourth-order valence-corrected chi connectivity index (χ4v) is 3.62. The molecule has 2 fully saturated rings. The van der Waals surface area contributed by atoms with Crippen molar-refractivity contribution in [1.82, 2.24) is 14.7 Å². The molecule has 0 bridgehead atoms. The molecule has 1 aromatic heterocycles. The normalized spacial score (nSPS) is 24.6. The molecular formula is C14H24N4O. The van der Waals surface area contributed by atoms with Crippen LogP contribution in [0.5, 0.6) is 0 Å². The molecular weight excluding hydrogens is 240 g/mol. The van der Waals surface area contributed by atoms with Gasteiger partial charge in [0.2, 0.25) is 0 Å². The number of aryl methyl sites for hydroxylation is 2. The summed E-state index contributed by atoms with van der Waals surface area (Å²) in [6.07, 6.45) is 4.01. The van der Waals surface area contributed by atoms with E-state index >= 15 is 0 Å². The first kappa shape index (κ1) is 12.9. The summed E-state index contributed by atoms with van der Waals surface area (Å²) in [6.45, 7) is 6.58. The first-order valence-corrected chi connectivity index (χ1v) is 7.33. The Morgan fingerprint density at radius 3 is 2.89 bits per heavy atom. The Morgan fingerprint density at radius 1 is 1.26 bits per heavy atom. The minimum absolute atomic E-state index is 0.0832. The van der Waals surface area contributed by atoms with Crippen LogP contribution in [-0.4, -0.2) is 52.0 Å². The molecule has 0 aromatic carbocycles. The second kappa shape index (κ2) is 5.13. The maximum Gasteiger partial charge on any atom is 0.132 e. The minimum atomic E-state index is 0.0832. The van der Waals surface area contributed by atoms with Gasteiger partial charge in [-0.15, -0.1) is 0 Å². The van der Waals surface area contributed by atoms with Crippen LogP contribution >= 0.6 is 0 Å². The highest BCUT2D eigenvalue weighted by atomic mass is 16.3. The molecule has 0 spiro atoms. The average molecular weight is 264 g/mol. The highest BCUT2D eigenvalue weighted by molar-refractivity contribution is 5.50. The molecule has 1 aromatic rings. The summed E-state index contributed by atoms with van der Waals surface area (Å²) in [7, 11) is 1.98. The Kier molecular flexibility index (Phi) is 3.50. The van der Waals surface area contributed by atoms with Crippen molar-refractivity contribution >= 4 is 5.82 Å². The van der Waals surface area contributed by atoms with Gasteiger partial charge in [-0.25, -0.2) is 0 Å². The van der Waals surface area contributed by atoms with Crippen molar-refractivity contribution in [2.24, 2.45) is 7.05 Å². The Bertz CT molecular complexity index is 457. The fraction of sp³-hybridized carbons (Fsp3) is 0.786. The van der Waals surface area contributed by atoms with Crippen LogP contribution in [0.1, 0.15) is 30.5 Å². The van der Waals surface area contributed by atoms with E-state index in [1.54, 1.807) is 0 Å². The smallest absolute Gasteiger partial charge is 0.132 e. The van der Waals surface area contributed by atoms with Gasteiger partial charge in [-0.3, -0.25) is 9.58 Å². The third-order valence-corrected chi connectivity index (χ3v) is 4.61. The standard InChI is InChI=1S/C14H24N4O/c1-11-13(10-19)14(16(2)15-11)18-8-7-17-6-4-3-5-12(17)9-18/h12,19H,3-10H2,1-2H3. The maximum atomic E-state index is 9.59. The fourth-order valence-electron chi connectivity index (χ4n) is 3.62. The van der Waals surface area contributed by atoms with Gasteiger partial charge in [-0.05, 0) is 26.3 Å². The molecule has 3 rings (SSSR count). The van der Waals surface area contributed by atoms with Crippen LogP contribution in [0.2, 0.25) is 0 Å². The molecule has 1 N–H and O–H groups in total. The number of rotatable bonds is 2. The molecule has 2 aliphatic rings. The number of aromatic nitrogens is 2. The molecule has 3 heterocycles. The summed E-state index contributed by atoms with van der Waals surface area (Å²) < 4.78 is 1.93. The number of hydrogen-bond acceptors (Lipinski definition) is 4. The molecule has 5 heteroatoms. The van der Waals surface area contributed by atoms with Crippen LogP contribution in [0.4, 0.5) is 5.82 Å². The van der Waals surface area contributed by atoms with Gasteiger partial charge < -0.3 is 10.0 Å². The topological polar surface area (TPSA) is 44.5 Å². The molecule has 19 heavy (non-hydrogen) atoms. The molecule has 2 aliphatic heterocycles. The summed E-state index contributed by atoms with van der Waals surface area (Å²) in [6, 6.07) is 0.684. The van der Waals surface area contributed by atoms with Crippen molar-refractivity contribution in [2.45, 2.75) is 38.8 Å². The van der Waals surface area contributed by atoms with Crippen molar-refractivity contribution in [1.29, 1.82) is 0 Å². The minimum Gasteiger partial charge on any atom is -0.391 e. The van der Waals surface area contributed by atoms with Crippen molar-refractivity contribution in [3.63, 3.8) is 0 Å². The molecule has 1 atom stereocenters. The maximum absolute atomic E-state index is 9.59. The molecule has 0 aliphatic carbocycles. The van der Waals surface area contributed by atoms with Gasteiger partial charge in [0.05, 0.1) is 12.3 Å². The van der Waals surface area contributed by atoms with E-state index in [1.807, 2.05) is 18.7 Å². The van der Waals surface area contributed by atoms with E-state index in [9.17, 15) is 5.11 Å². The second-order valence-corrected chi connectivity index (χ2v) is 5.80. The Morgan fingerprint density at radius 2 is 2.11 bits per heavy atom. The number of piperidine rings is 1. The van der Waals surface area contributed by atoms with Gasteiger partial charge in [-0.2, -0.15) is 5.10 Å². The number of fused-ring (bicyclic) bond motifs is 1. The summed E-state index contributed by atoms with van der Waals surface area (Å²) in [5.74, 6) is 1.12. The lowest BCUT2D eigenvalue weighted by atomic mass is 9.99. The summed E-state index contributed by atoms with van der Waals surface area (Å²) in [5.41, 5.74) is 1.94. The quantitative estimate of drug-likeness (QED) is 0.862. The zero-order valence-corrected chi connectivity index (χ0v) is 12.0. The van der Waals surface area contributed by atoms with Crippen LogP contribution in [-0.2, 0) is 13.7 Å². The first-order valence-electron chi connectivity index (χ1n) is 7.33. The largest absolute Gasteiger partial charge is 0.391 e. The zero-order valence-electron chi connectivity index (χ0n) is 12.0. The summed E-state index contributed by atoms with van der Waals surface area (Å²) in [4.78, 5) is 5.04. The summed E-state index contributed by atoms with van der Waals surface area (Å²) in [5, 5.41) is 14.0. The predicted molar refractivity (Wildman–Crippen MR) is 75.3 cm³/mol. The van der Waals surface area contributed by atoms with Crippen LogP contribution in [0.3, 0.4) is 0 Å². The van der Waals surface area contributed by atoms with E-state index in [0.29, 0.717) is 6.04 Å². The third kappa shape index (κ3) is 2.25. The van der Waals surface area contributed by atoms with Gasteiger partial charge in [0.15, 0.2) is 0 Å². The second-order valence-electron chi connectivity index (χ2n) is 5.80. The number of aliphatic hydroxyl groups is 1. The third-order valence-electron chi connectivity index (χ3n) is 4.61. The molecule has 1 unspecified atom stereocenters. The lowest BCUT2D eigenvalue weighted by Crippen LogP contribution is -2.55. The van der Waals surface area contributed by atoms with Crippen LogP contribution in [0.15, 0.2) is 0 Å². The first-order chi connectivity index (χ1) is 9.20. The number of aliphatic hydroxyl groups excluding tert-OH is 1. The average Bonchev–Trinajstić information content (AvgIpc) is 2.72. The molecule has 0 radical (unpaired) electrons. The monoisotopic (exact) mass is 264 g/mol. The van der Waals surface area contributed by atoms with Gasteiger partial charge >= 0.3 is 0 Å². The van der Waals surface area contributed by atoms with Gasteiger partial charge in [0, 0.05) is 38.3 Å². The molecule has 2 saturated heterocycles. The van der Waals surface area contributed by atoms with Gasteiger partial charge in [0.1, 0.15) is 5.82 Å². The zero-order chi connectivity index (χ0) is 13.4. The van der Waals surface area contributed by atoms with Gasteiger partial charge in [0.25, 0.3) is 0 Å². The lowest BCUT2D eigenvalue weighted by Gasteiger charge is -2.44. The molecule has 0 saturated carbocycles. The van der Waals surface area contributed by atoms with Crippen molar-refractivity contribution in [3.8, 4) is 0 Å². The Labute approximate surface area is 114 Å². The van der Waals surface area contributed by atoms with Crippen molar-refractivity contribution < 1.29 is 5.11 Å². The highest BCUT2D eigenvalue weighted by Crippen LogP contribution is 2.28. The van der Waals surface area contributed by atoms with Crippen molar-refractivity contribution in [3.05, 3.63) is 11.3 Å². The van der Waals surface area contributed by atoms with E-state index in [2.05, 4.69) is 14.9 Å². The number of hydrogen-bond donors (Lipinski definition) is 1. The van der Waals surface area contributed by atoms with E-state index in [0.717, 1.165) is 36.7 Å². The van der Waals surface area contributed by atoms with Crippen LogP contribution in [0, 0.1) is 6.92 Å². The SMILES string of the molecule is Cc1nn(C)c(N2CCN3CCCCC3C2)c1CO. The highest BCUT2D eigenvalue weighted by Gasteiger charge is 2.31. The van der Waals surface area contributed by atoms with E-state index in [4.69, 9.17) is 0 Å². The molecule has 0 amide bonds. The van der Waals surface area contributed by atoms with E-state index in [-0.39, 0.29) is 6.61 Å². The Balaban J connectivity index is 1.83. The van der Waals surface area contributed by atoms with Gasteiger partial charge in [-0.1, -0.05) is 6.42 Å². The number of anilines is 1. The predicted octanol–water partition coefficient (Wildman–Crippen LogP) is 0.895. The van der Waals surface area contributed by atoms with Crippen LogP contribution < -0.4 is 4.90 Å².